The van der Waals surface area contributed by atoms with E-state index in [1.807, 2.05) is 50.5 Å². The predicted molar refractivity (Wildman–Crippen MR) is 128 cm³/mol. The Balaban J connectivity index is 2.45. The summed E-state index contributed by atoms with van der Waals surface area (Å²) in [5, 5.41) is 3.07. The van der Waals surface area contributed by atoms with E-state index < -0.39 is 5.60 Å². The summed E-state index contributed by atoms with van der Waals surface area (Å²) >= 11 is 3.83. The molecule has 1 aliphatic carbocycles. The van der Waals surface area contributed by atoms with E-state index in [9.17, 15) is 9.59 Å². The number of rotatable bonds is 6. The average molecular weight is 455 g/mol. The van der Waals surface area contributed by atoms with E-state index in [2.05, 4.69) is 25.2 Å². The van der Waals surface area contributed by atoms with Gasteiger partial charge < -0.3 is 10.1 Å². The Hall–Kier alpha value is -1.08. The van der Waals surface area contributed by atoms with Crippen molar-refractivity contribution in [2.45, 2.75) is 91.3 Å². The van der Waals surface area contributed by atoms with E-state index in [0.29, 0.717) is 0 Å². The van der Waals surface area contributed by atoms with Gasteiger partial charge in [0.1, 0.15) is 5.60 Å². The van der Waals surface area contributed by atoms with E-state index in [1.54, 1.807) is 11.8 Å². The van der Waals surface area contributed by atoms with Crippen LogP contribution >= 0.6 is 23.5 Å². The van der Waals surface area contributed by atoms with Crippen molar-refractivity contribution in [2.75, 3.05) is 11.5 Å². The quantitative estimate of drug-likeness (QED) is 0.540. The van der Waals surface area contributed by atoms with Crippen molar-refractivity contribution in [2.24, 2.45) is 5.92 Å². The molecule has 0 aromatic rings. The van der Waals surface area contributed by atoms with E-state index >= 15 is 0 Å². The zero-order valence-corrected chi connectivity index (χ0v) is 21.0. The van der Waals surface area contributed by atoms with Crippen LogP contribution in [0.25, 0.3) is 0 Å². The van der Waals surface area contributed by atoms with Crippen LogP contribution in [-0.4, -0.2) is 46.1 Å². The molecule has 0 radical (unpaired) electrons. The minimum Gasteiger partial charge on any atom is -0.443 e. The summed E-state index contributed by atoms with van der Waals surface area (Å²) < 4.78 is 7.16. The van der Waals surface area contributed by atoms with Gasteiger partial charge in [-0.25, -0.2) is 4.79 Å². The fourth-order valence-electron chi connectivity index (χ4n) is 3.99. The van der Waals surface area contributed by atoms with Gasteiger partial charge in [-0.1, -0.05) is 19.4 Å². The zero-order chi connectivity index (χ0) is 22.3. The second-order valence-corrected chi connectivity index (χ2v) is 11.5. The third kappa shape index (κ3) is 7.26. The lowest BCUT2D eigenvalue weighted by Gasteiger charge is -2.36. The highest BCUT2D eigenvalue weighted by Gasteiger charge is 2.43. The van der Waals surface area contributed by atoms with Gasteiger partial charge in [0.2, 0.25) is 5.91 Å². The molecule has 1 aliphatic heterocycles. The number of unbranched alkanes of at least 4 members (excludes halogenated alkanes) is 1. The van der Waals surface area contributed by atoms with Gasteiger partial charge in [-0.15, -0.1) is 23.5 Å². The van der Waals surface area contributed by atoms with Crippen LogP contribution in [0, 0.1) is 5.92 Å². The first-order valence-electron chi connectivity index (χ1n) is 11.1. The molecule has 170 valence electrons. The first kappa shape index (κ1) is 25.2. The largest absolute Gasteiger partial charge is 0.443 e. The Labute approximate surface area is 190 Å². The highest BCUT2D eigenvalue weighted by molar-refractivity contribution is 8.22. The Bertz CT molecular complexity index is 662. The Morgan fingerprint density at radius 1 is 1.30 bits per heavy atom. The van der Waals surface area contributed by atoms with E-state index in [1.165, 1.54) is 16.2 Å². The molecule has 2 aliphatic rings. The third-order valence-electron chi connectivity index (χ3n) is 5.23. The molecule has 0 bridgehead atoms. The van der Waals surface area contributed by atoms with Crippen LogP contribution in [0.2, 0.25) is 0 Å². The number of allylic oxidation sites excluding steroid dienone is 1. The van der Waals surface area contributed by atoms with Crippen LogP contribution in [-0.2, 0) is 9.53 Å². The number of carbonyl (C=O) groups is 2. The summed E-state index contributed by atoms with van der Waals surface area (Å²) in [5.41, 5.74) is 0.770. The van der Waals surface area contributed by atoms with Gasteiger partial charge in [-0.3, -0.25) is 9.69 Å². The summed E-state index contributed by atoms with van der Waals surface area (Å²) in [7, 11) is 0. The lowest BCUT2D eigenvalue weighted by Crippen LogP contribution is -2.48. The average Bonchev–Trinajstić information content (AvgIpc) is 3.08. The number of carbonyl (C=O) groups excluding carboxylic acids is 2. The molecule has 0 aromatic heterocycles. The van der Waals surface area contributed by atoms with Crippen molar-refractivity contribution in [1.82, 2.24) is 10.2 Å². The SMILES string of the molecule is CCCC=CN(C(=O)OC(C)(C)C)C1C(=C2SCCCS2)CCC1C(C)NC(C)=O. The van der Waals surface area contributed by atoms with Crippen LogP contribution in [0.15, 0.2) is 22.1 Å². The van der Waals surface area contributed by atoms with Crippen molar-refractivity contribution >= 4 is 35.5 Å². The minimum atomic E-state index is -0.563. The maximum Gasteiger partial charge on any atom is 0.414 e. The molecule has 30 heavy (non-hydrogen) atoms. The Morgan fingerprint density at radius 2 is 1.97 bits per heavy atom. The molecular formula is C23H38N2O3S2. The van der Waals surface area contributed by atoms with E-state index in [4.69, 9.17) is 4.74 Å². The molecule has 2 rings (SSSR count). The third-order valence-corrected chi connectivity index (χ3v) is 7.97. The number of hydrogen-bond donors (Lipinski definition) is 1. The highest BCUT2D eigenvalue weighted by Crippen LogP contribution is 2.47. The maximum absolute atomic E-state index is 13.3. The number of thioether (sulfide) groups is 2. The summed E-state index contributed by atoms with van der Waals surface area (Å²) in [6.07, 6.45) is 8.72. The normalized spacial score (nSPS) is 23.5. The number of nitrogens with one attached hydrogen (secondary N) is 1. The molecule has 0 spiro atoms. The lowest BCUT2D eigenvalue weighted by molar-refractivity contribution is -0.119. The molecule has 3 atom stereocenters. The van der Waals surface area contributed by atoms with Crippen molar-refractivity contribution in [3.63, 3.8) is 0 Å². The molecule has 3 unspecified atom stereocenters. The Morgan fingerprint density at radius 3 is 2.53 bits per heavy atom. The van der Waals surface area contributed by atoms with Crippen molar-refractivity contribution in [3.8, 4) is 0 Å². The molecule has 1 saturated heterocycles. The first-order valence-corrected chi connectivity index (χ1v) is 13.0. The second-order valence-electron chi connectivity index (χ2n) is 9.06. The highest BCUT2D eigenvalue weighted by atomic mass is 32.2. The molecule has 2 amide bonds. The van der Waals surface area contributed by atoms with Gasteiger partial charge in [-0.2, -0.15) is 0 Å². The van der Waals surface area contributed by atoms with Crippen LogP contribution in [0.1, 0.15) is 73.6 Å². The van der Waals surface area contributed by atoms with Crippen LogP contribution < -0.4 is 5.32 Å². The zero-order valence-electron chi connectivity index (χ0n) is 19.3. The minimum absolute atomic E-state index is 0.0197. The van der Waals surface area contributed by atoms with Crippen LogP contribution in [0.5, 0.6) is 0 Å². The monoisotopic (exact) mass is 454 g/mol. The topological polar surface area (TPSA) is 58.6 Å². The summed E-state index contributed by atoms with van der Waals surface area (Å²) in [5.74, 6) is 2.37. The number of hydrogen-bond acceptors (Lipinski definition) is 5. The summed E-state index contributed by atoms with van der Waals surface area (Å²) in [6.45, 7) is 11.4. The molecule has 5 nitrogen and oxygen atoms in total. The molecule has 1 saturated carbocycles. The standard InChI is InChI=1S/C23H38N2O3S2/c1-7-8-9-13-25(22(27)28-23(4,5)6)20-18(16(2)24-17(3)26)11-12-19(20)21-29-14-10-15-30-21/h9,13,16,18,20H,7-8,10-12,14-15H2,1-6H3,(H,24,26). The predicted octanol–water partition coefficient (Wildman–Crippen LogP) is 5.92. The molecule has 2 fully saturated rings. The first-order chi connectivity index (χ1) is 14.1. The molecule has 0 aromatic carbocycles. The van der Waals surface area contributed by atoms with Gasteiger partial charge in [-0.05, 0) is 70.5 Å². The molecule has 7 heteroatoms. The molecule has 1 heterocycles. The molecule has 1 N–H and O–H groups in total. The van der Waals surface area contributed by atoms with E-state index in [0.717, 1.165) is 37.2 Å². The fraction of sp³-hybridized carbons (Fsp3) is 0.739. The van der Waals surface area contributed by atoms with Gasteiger partial charge in [0, 0.05) is 29.3 Å². The van der Waals surface area contributed by atoms with Gasteiger partial charge >= 0.3 is 6.09 Å². The number of amides is 2. The Kier molecular flexibility index (Phi) is 9.67. The van der Waals surface area contributed by atoms with Gasteiger partial charge in [0.05, 0.1) is 6.04 Å². The maximum atomic E-state index is 13.3. The van der Waals surface area contributed by atoms with Gasteiger partial charge in [0.15, 0.2) is 0 Å². The van der Waals surface area contributed by atoms with Crippen LogP contribution in [0.3, 0.4) is 0 Å². The van der Waals surface area contributed by atoms with Gasteiger partial charge in [0.25, 0.3) is 0 Å². The van der Waals surface area contributed by atoms with Crippen molar-refractivity contribution in [1.29, 1.82) is 0 Å². The summed E-state index contributed by atoms with van der Waals surface area (Å²) in [4.78, 5) is 26.8. The number of ether oxygens (including phenoxy) is 1. The lowest BCUT2D eigenvalue weighted by atomic mass is 9.93. The van der Waals surface area contributed by atoms with Crippen molar-refractivity contribution < 1.29 is 14.3 Å². The fourth-order valence-corrected chi connectivity index (χ4v) is 6.77. The number of nitrogens with zero attached hydrogens (tertiary/aromatic N) is 1. The van der Waals surface area contributed by atoms with E-state index in [-0.39, 0.29) is 30.0 Å². The van der Waals surface area contributed by atoms with Crippen LogP contribution in [0.4, 0.5) is 4.79 Å². The smallest absolute Gasteiger partial charge is 0.414 e. The molecular weight excluding hydrogens is 416 g/mol. The second kappa shape index (κ2) is 11.5. The summed E-state index contributed by atoms with van der Waals surface area (Å²) in [6, 6.07) is -0.114. The van der Waals surface area contributed by atoms with Crippen molar-refractivity contribution in [3.05, 3.63) is 22.1 Å².